The number of aliphatic hydroxyl groups is 2. The van der Waals surface area contributed by atoms with Crippen molar-refractivity contribution >= 4 is 54.2 Å². The van der Waals surface area contributed by atoms with Gasteiger partial charge in [-0.15, -0.1) is 0 Å². The second kappa shape index (κ2) is 20.0. The molecule has 1 aromatic rings. The maximum absolute atomic E-state index is 13.5. The van der Waals surface area contributed by atoms with Crippen molar-refractivity contribution in [1.82, 2.24) is 21.3 Å². The summed E-state index contributed by atoms with van der Waals surface area (Å²) < 4.78 is 0. The summed E-state index contributed by atoms with van der Waals surface area (Å²) in [6, 6.07) is 1.28. The largest absolute Gasteiger partial charge is 0.481 e. The van der Waals surface area contributed by atoms with E-state index in [-0.39, 0.29) is 19.3 Å². The average molecular weight is 674 g/mol. The first-order valence-electron chi connectivity index (χ1n) is 14.0. The molecule has 0 aliphatic rings. The summed E-state index contributed by atoms with van der Waals surface area (Å²) in [5.74, 6) is -2.76. The second-order valence-corrected chi connectivity index (χ2v) is 10.8. The van der Waals surface area contributed by atoms with Gasteiger partial charge in [0.25, 0.3) is 0 Å². The number of thiol groups is 1. The lowest BCUT2D eigenvalue weighted by Crippen LogP contribution is -2.68. The van der Waals surface area contributed by atoms with Gasteiger partial charge in [0.05, 0.1) is 19.1 Å². The number of nitrogens with one attached hydrogen (secondary N) is 4. The molecule has 1 aromatic carbocycles. The van der Waals surface area contributed by atoms with Crippen molar-refractivity contribution in [2.24, 2.45) is 5.90 Å². The Kier molecular flexibility index (Phi) is 17.2. The van der Waals surface area contributed by atoms with E-state index in [2.05, 4.69) is 39.2 Å². The summed E-state index contributed by atoms with van der Waals surface area (Å²) >= 11 is 4.27. The molecule has 7 atom stereocenters. The number of quaternary nitrogens is 1. The molecular formula is C27H41N6O12S+. The van der Waals surface area contributed by atoms with Crippen molar-refractivity contribution in [3.05, 3.63) is 35.9 Å². The molecule has 0 fully saturated rings. The Morgan fingerprint density at radius 2 is 1.41 bits per heavy atom. The van der Waals surface area contributed by atoms with E-state index in [1.165, 1.54) is 0 Å². The van der Waals surface area contributed by atoms with Crippen LogP contribution in [0.3, 0.4) is 0 Å². The van der Waals surface area contributed by atoms with Crippen LogP contribution in [0.5, 0.6) is 0 Å². The highest BCUT2D eigenvalue weighted by molar-refractivity contribution is 7.81. The highest BCUT2D eigenvalue weighted by atomic mass is 32.1. The first kappa shape index (κ1) is 39.7. The number of aliphatic carboxylic acids is 2. The number of hydrogen-bond donors (Lipinski definition) is 11. The topological polar surface area (TPSA) is 311 Å². The van der Waals surface area contributed by atoms with Gasteiger partial charge in [0, 0.05) is 19.3 Å². The summed E-state index contributed by atoms with van der Waals surface area (Å²) in [6.45, 7) is 0.119. The molecule has 0 aliphatic carbocycles. The third-order valence-electron chi connectivity index (χ3n) is 6.62. The Morgan fingerprint density at radius 3 is 1.93 bits per heavy atom. The van der Waals surface area contributed by atoms with Gasteiger partial charge in [-0.1, -0.05) is 30.3 Å². The fraction of sp³-hybridized carbons (Fsp3) is 0.519. The van der Waals surface area contributed by atoms with Crippen molar-refractivity contribution in [1.29, 1.82) is 0 Å². The molecular weight excluding hydrogens is 632 g/mol. The minimum absolute atomic E-state index is 0.0775. The van der Waals surface area contributed by atoms with Crippen LogP contribution in [0.15, 0.2) is 30.3 Å². The van der Waals surface area contributed by atoms with Crippen LogP contribution in [0.25, 0.3) is 0 Å². The van der Waals surface area contributed by atoms with Gasteiger partial charge in [-0.3, -0.25) is 28.8 Å². The first-order valence-corrected chi connectivity index (χ1v) is 14.5. The first-order chi connectivity index (χ1) is 21.6. The lowest BCUT2D eigenvalue weighted by molar-refractivity contribution is -0.417. The van der Waals surface area contributed by atoms with E-state index < -0.39 is 103 Å². The number of carbonyl (C=O) groups excluding carboxylic acids is 5. The van der Waals surface area contributed by atoms with Gasteiger partial charge in [0.15, 0.2) is 0 Å². The van der Waals surface area contributed by atoms with Gasteiger partial charge >= 0.3 is 17.9 Å². The van der Waals surface area contributed by atoms with Crippen molar-refractivity contribution < 1.29 is 64.6 Å². The maximum atomic E-state index is 13.5. The number of carboxylic acids is 2. The van der Waals surface area contributed by atoms with Crippen molar-refractivity contribution in [3.8, 4) is 0 Å². The molecule has 0 saturated heterocycles. The SMILES string of the molecule is C[C@@H](O)[C@H](NC(=O)[C@H](CCC(=O)O)NC(=O)[C@@H](Cc1ccccc1)NC(=O)C(S)[C@@H]([NH3+])CCC(=O)ON)C(=O)N[C@@H](CO)C(=O)O. The van der Waals surface area contributed by atoms with Crippen LogP contribution >= 0.6 is 12.6 Å². The second-order valence-electron chi connectivity index (χ2n) is 10.3. The molecule has 13 N–H and O–H groups in total. The lowest BCUT2D eigenvalue weighted by atomic mass is 10.0. The molecule has 19 heteroatoms. The monoisotopic (exact) mass is 673 g/mol. The predicted molar refractivity (Wildman–Crippen MR) is 160 cm³/mol. The van der Waals surface area contributed by atoms with Crippen molar-refractivity contribution in [2.75, 3.05) is 6.61 Å². The van der Waals surface area contributed by atoms with Crippen LogP contribution < -0.4 is 32.9 Å². The van der Waals surface area contributed by atoms with E-state index in [9.17, 15) is 48.9 Å². The third-order valence-corrected chi connectivity index (χ3v) is 7.28. The molecule has 256 valence electrons. The molecule has 0 heterocycles. The molecule has 18 nitrogen and oxygen atoms in total. The van der Waals surface area contributed by atoms with E-state index in [1.54, 1.807) is 30.3 Å². The van der Waals surface area contributed by atoms with Crippen LogP contribution in [0, 0.1) is 0 Å². The highest BCUT2D eigenvalue weighted by Gasteiger charge is 2.34. The van der Waals surface area contributed by atoms with Crippen LogP contribution in [-0.2, 0) is 44.8 Å². The number of nitrogens with two attached hydrogens (primary N) is 1. The van der Waals surface area contributed by atoms with Crippen LogP contribution in [-0.4, -0.2) is 110 Å². The summed E-state index contributed by atoms with van der Waals surface area (Å²) in [4.78, 5) is 90.4. The van der Waals surface area contributed by atoms with Gasteiger partial charge in [0.2, 0.25) is 23.6 Å². The van der Waals surface area contributed by atoms with Gasteiger partial charge in [-0.05, 0) is 18.9 Å². The Morgan fingerprint density at radius 1 is 0.848 bits per heavy atom. The Balaban J connectivity index is 3.23. The number of hydrogen-bond acceptors (Lipinski definition) is 12. The molecule has 0 radical (unpaired) electrons. The molecule has 0 aliphatic heterocycles. The Hall–Kier alpha value is -4.30. The zero-order chi connectivity index (χ0) is 35.0. The highest BCUT2D eigenvalue weighted by Crippen LogP contribution is 2.10. The molecule has 4 amide bonds. The van der Waals surface area contributed by atoms with Crippen LogP contribution in [0.2, 0.25) is 0 Å². The van der Waals surface area contributed by atoms with Crippen LogP contribution in [0.1, 0.15) is 38.2 Å². The van der Waals surface area contributed by atoms with E-state index in [1.807, 2.05) is 5.32 Å². The number of amides is 4. The number of carbonyl (C=O) groups is 7. The number of aliphatic hydroxyl groups excluding tert-OH is 2. The zero-order valence-electron chi connectivity index (χ0n) is 25.0. The smallest absolute Gasteiger partial charge is 0.328 e. The fourth-order valence-corrected chi connectivity index (χ4v) is 4.19. The van der Waals surface area contributed by atoms with E-state index in [0.29, 0.717) is 5.56 Å². The van der Waals surface area contributed by atoms with Gasteiger partial charge < -0.3 is 52.3 Å². The van der Waals surface area contributed by atoms with Gasteiger partial charge in [-0.2, -0.15) is 18.5 Å². The standard InChI is InChI=1S/C27H40N6O12S/c1-13(35)21(25(41)32-18(12-34)27(43)44)33-23(39)16(8-9-19(36)37)30-24(40)17(11-14-5-3-2-4-6-14)31-26(42)22(46)15(28)7-10-20(38)45-29/h2-6,13,15-18,21-22,34-35,46H,7-12,28-29H2,1H3,(H,30,40)(H,31,42)(H,32,41)(H,33,39)(H,36,37)(H,43,44)/p+1/t13-,15+,16+,17-,18+,21+,22?/m1/s1. The average Bonchev–Trinajstić information content (AvgIpc) is 3.01. The predicted octanol–water partition coefficient (Wildman–Crippen LogP) is -4.40. The Labute approximate surface area is 269 Å². The summed E-state index contributed by atoms with van der Waals surface area (Å²) in [5.41, 5.74) is 4.41. The van der Waals surface area contributed by atoms with Crippen LogP contribution in [0.4, 0.5) is 0 Å². The normalized spacial score (nSPS) is 15.4. The third kappa shape index (κ3) is 13.8. The molecule has 0 aromatic heterocycles. The van der Waals surface area contributed by atoms with Gasteiger partial charge in [-0.25, -0.2) is 4.79 Å². The number of carboxylic acid groups (broad SMARTS) is 2. The molecule has 0 saturated carbocycles. The zero-order valence-corrected chi connectivity index (χ0v) is 25.9. The molecule has 0 spiro atoms. The van der Waals surface area contributed by atoms with E-state index in [4.69, 9.17) is 11.0 Å². The molecule has 0 bridgehead atoms. The summed E-state index contributed by atoms with van der Waals surface area (Å²) in [6.07, 6.45) is -2.83. The van der Waals surface area contributed by atoms with Crippen molar-refractivity contribution in [3.63, 3.8) is 0 Å². The quantitative estimate of drug-likeness (QED) is 0.0461. The summed E-state index contributed by atoms with van der Waals surface area (Å²) in [7, 11) is 0. The number of benzene rings is 1. The molecule has 1 rings (SSSR count). The van der Waals surface area contributed by atoms with E-state index in [0.717, 1.165) is 6.92 Å². The van der Waals surface area contributed by atoms with E-state index >= 15 is 0 Å². The fourth-order valence-electron chi connectivity index (χ4n) is 3.97. The maximum Gasteiger partial charge on any atom is 0.328 e. The van der Waals surface area contributed by atoms with Gasteiger partial charge in [0.1, 0.15) is 35.5 Å². The Bertz CT molecular complexity index is 1220. The minimum Gasteiger partial charge on any atom is -0.481 e. The molecule has 1 unspecified atom stereocenters. The lowest BCUT2D eigenvalue weighted by Gasteiger charge is -2.27. The van der Waals surface area contributed by atoms with Crippen molar-refractivity contribution in [2.45, 2.75) is 80.6 Å². The summed E-state index contributed by atoms with van der Waals surface area (Å²) in [5, 5.41) is 45.5. The molecule has 46 heavy (non-hydrogen) atoms. The number of rotatable bonds is 20. The minimum atomic E-state index is -1.76.